The lowest BCUT2D eigenvalue weighted by Gasteiger charge is -2.11. The predicted octanol–water partition coefficient (Wildman–Crippen LogP) is 2.82. The predicted molar refractivity (Wildman–Crippen MR) is 70.5 cm³/mol. The zero-order valence-electron chi connectivity index (χ0n) is 9.83. The summed E-state index contributed by atoms with van der Waals surface area (Å²) in [6, 6.07) is 3.40. The number of alkyl halides is 1. The quantitative estimate of drug-likeness (QED) is 0.843. The number of carbonyl (C=O) groups excluding carboxylic acids is 1. The molecule has 3 nitrogen and oxygen atoms in total. The van der Waals surface area contributed by atoms with E-state index in [0.29, 0.717) is 17.3 Å². The highest BCUT2D eigenvalue weighted by atomic mass is 79.9. The Morgan fingerprint density at radius 1 is 1.50 bits per heavy atom. The molecular weight excluding hydrogens is 301 g/mol. The average Bonchev–Trinajstić information content (AvgIpc) is 2.72. The molecule has 0 bridgehead atoms. The first-order valence-electron chi connectivity index (χ1n) is 5.97. The molecule has 0 aliphatic heterocycles. The number of amides is 1. The lowest BCUT2D eigenvalue weighted by molar-refractivity contribution is 0.0944. The maximum Gasteiger partial charge on any atom is 0.255 e. The van der Waals surface area contributed by atoms with Gasteiger partial charge in [-0.2, -0.15) is 0 Å². The van der Waals surface area contributed by atoms with Gasteiger partial charge >= 0.3 is 0 Å². The summed E-state index contributed by atoms with van der Waals surface area (Å²) in [6.07, 6.45) is 3.27. The van der Waals surface area contributed by atoms with Gasteiger partial charge in [0.25, 0.3) is 5.91 Å². The second kappa shape index (κ2) is 5.69. The Kier molecular flexibility index (Phi) is 4.22. The van der Waals surface area contributed by atoms with Crippen LogP contribution >= 0.6 is 15.9 Å². The smallest absolute Gasteiger partial charge is 0.255 e. The van der Waals surface area contributed by atoms with Gasteiger partial charge in [-0.1, -0.05) is 15.9 Å². The van der Waals surface area contributed by atoms with Gasteiger partial charge in [0.1, 0.15) is 11.6 Å². The number of phenolic OH excluding ortho intramolecular Hbond substituents is 1. The topological polar surface area (TPSA) is 49.3 Å². The lowest BCUT2D eigenvalue weighted by Crippen LogP contribution is -2.28. The molecule has 18 heavy (non-hydrogen) atoms. The molecule has 2 atom stereocenters. The molecule has 1 aromatic carbocycles. The van der Waals surface area contributed by atoms with E-state index in [1.807, 2.05) is 0 Å². The van der Waals surface area contributed by atoms with Crippen molar-refractivity contribution in [1.82, 2.24) is 5.32 Å². The molecule has 1 fully saturated rings. The van der Waals surface area contributed by atoms with Crippen LogP contribution in [0, 0.1) is 11.7 Å². The molecule has 2 N–H and O–H groups in total. The molecule has 2 rings (SSSR count). The van der Waals surface area contributed by atoms with Crippen molar-refractivity contribution in [2.45, 2.75) is 24.1 Å². The van der Waals surface area contributed by atoms with Crippen LogP contribution in [0.1, 0.15) is 29.6 Å². The molecule has 0 heterocycles. The third-order valence-electron chi connectivity index (χ3n) is 3.23. The summed E-state index contributed by atoms with van der Waals surface area (Å²) in [6.45, 7) is 0.595. The second-order valence-electron chi connectivity index (χ2n) is 4.65. The van der Waals surface area contributed by atoms with E-state index in [4.69, 9.17) is 0 Å². The standard InChI is InChI=1S/C13H15BrFNO2/c14-9-2-1-8(5-9)7-16-13(18)11-4-3-10(15)6-12(11)17/h3-4,6,8-9,17H,1-2,5,7H2,(H,16,18). The van der Waals surface area contributed by atoms with Gasteiger partial charge in [-0.3, -0.25) is 4.79 Å². The Morgan fingerprint density at radius 2 is 2.28 bits per heavy atom. The van der Waals surface area contributed by atoms with Gasteiger partial charge < -0.3 is 10.4 Å². The minimum atomic E-state index is -0.554. The van der Waals surface area contributed by atoms with Crippen LogP contribution in [0.5, 0.6) is 5.75 Å². The fraction of sp³-hybridized carbons (Fsp3) is 0.462. The summed E-state index contributed by atoms with van der Waals surface area (Å²) in [5.74, 6) is -0.759. The van der Waals surface area contributed by atoms with Crippen molar-refractivity contribution in [1.29, 1.82) is 0 Å². The summed E-state index contributed by atoms with van der Waals surface area (Å²) in [5.41, 5.74) is 0.116. The number of carbonyl (C=O) groups is 1. The van der Waals surface area contributed by atoms with Crippen molar-refractivity contribution in [3.8, 4) is 5.75 Å². The van der Waals surface area contributed by atoms with Crippen molar-refractivity contribution in [3.63, 3.8) is 0 Å². The minimum Gasteiger partial charge on any atom is -0.507 e. The van der Waals surface area contributed by atoms with E-state index < -0.39 is 5.82 Å². The van der Waals surface area contributed by atoms with Crippen LogP contribution < -0.4 is 5.32 Å². The third kappa shape index (κ3) is 3.22. The maximum absolute atomic E-state index is 12.8. The normalized spacial score (nSPS) is 23.0. The van der Waals surface area contributed by atoms with Gasteiger partial charge in [-0.05, 0) is 37.3 Å². The lowest BCUT2D eigenvalue weighted by atomic mass is 10.1. The van der Waals surface area contributed by atoms with Crippen molar-refractivity contribution in [2.24, 2.45) is 5.92 Å². The molecule has 0 radical (unpaired) electrons. The van der Waals surface area contributed by atoms with Gasteiger partial charge in [-0.25, -0.2) is 4.39 Å². The number of benzene rings is 1. The molecule has 98 valence electrons. The molecular formula is C13H15BrFNO2. The molecule has 1 amide bonds. The Labute approximate surface area is 114 Å². The fourth-order valence-corrected chi connectivity index (χ4v) is 3.02. The van der Waals surface area contributed by atoms with Crippen LogP contribution in [0.25, 0.3) is 0 Å². The first-order chi connectivity index (χ1) is 8.56. The molecule has 0 saturated heterocycles. The van der Waals surface area contributed by atoms with E-state index in [2.05, 4.69) is 21.2 Å². The number of halogens is 2. The number of nitrogens with one attached hydrogen (secondary N) is 1. The number of hydrogen-bond donors (Lipinski definition) is 2. The zero-order valence-corrected chi connectivity index (χ0v) is 11.4. The molecule has 1 aliphatic carbocycles. The van der Waals surface area contributed by atoms with Gasteiger partial charge in [0, 0.05) is 17.4 Å². The SMILES string of the molecule is O=C(NCC1CCC(Br)C1)c1ccc(F)cc1O. The first-order valence-corrected chi connectivity index (χ1v) is 6.88. The highest BCUT2D eigenvalue weighted by Crippen LogP contribution is 2.30. The molecule has 2 unspecified atom stereocenters. The van der Waals surface area contributed by atoms with Crippen LogP contribution in [-0.2, 0) is 0 Å². The molecule has 0 spiro atoms. The van der Waals surface area contributed by atoms with Crippen LogP contribution in [0.2, 0.25) is 0 Å². The van der Waals surface area contributed by atoms with Crippen LogP contribution in [0.15, 0.2) is 18.2 Å². The molecule has 1 aliphatic rings. The van der Waals surface area contributed by atoms with Crippen molar-refractivity contribution in [3.05, 3.63) is 29.6 Å². The number of phenols is 1. The van der Waals surface area contributed by atoms with E-state index in [-0.39, 0.29) is 17.2 Å². The maximum atomic E-state index is 12.8. The third-order valence-corrected chi connectivity index (χ3v) is 4.06. The highest BCUT2D eigenvalue weighted by Gasteiger charge is 2.23. The number of aromatic hydroxyl groups is 1. The average molecular weight is 316 g/mol. The van der Waals surface area contributed by atoms with Crippen LogP contribution in [0.4, 0.5) is 4.39 Å². The summed E-state index contributed by atoms with van der Waals surface area (Å²) in [5, 5.41) is 12.3. The van der Waals surface area contributed by atoms with E-state index in [1.165, 1.54) is 12.1 Å². The van der Waals surface area contributed by atoms with Gasteiger partial charge in [-0.15, -0.1) is 0 Å². The van der Waals surface area contributed by atoms with E-state index >= 15 is 0 Å². The van der Waals surface area contributed by atoms with Gasteiger partial charge in [0.15, 0.2) is 0 Å². The molecule has 0 aromatic heterocycles. The molecule has 1 saturated carbocycles. The van der Waals surface area contributed by atoms with E-state index in [1.54, 1.807) is 0 Å². The monoisotopic (exact) mass is 315 g/mol. The van der Waals surface area contributed by atoms with Gasteiger partial charge in [0.2, 0.25) is 0 Å². The first kappa shape index (κ1) is 13.3. The largest absolute Gasteiger partial charge is 0.507 e. The van der Waals surface area contributed by atoms with Crippen molar-refractivity contribution < 1.29 is 14.3 Å². The second-order valence-corrected chi connectivity index (χ2v) is 5.94. The van der Waals surface area contributed by atoms with E-state index in [0.717, 1.165) is 25.3 Å². The fourth-order valence-electron chi connectivity index (χ4n) is 2.23. The van der Waals surface area contributed by atoms with Crippen molar-refractivity contribution in [2.75, 3.05) is 6.54 Å². The Balaban J connectivity index is 1.91. The van der Waals surface area contributed by atoms with Crippen molar-refractivity contribution >= 4 is 21.8 Å². The Morgan fingerprint density at radius 3 is 2.89 bits per heavy atom. The van der Waals surface area contributed by atoms with Crippen LogP contribution in [0.3, 0.4) is 0 Å². The summed E-state index contributed by atoms with van der Waals surface area (Å²) in [4.78, 5) is 12.4. The summed E-state index contributed by atoms with van der Waals surface area (Å²) >= 11 is 3.56. The van der Waals surface area contributed by atoms with Gasteiger partial charge in [0.05, 0.1) is 5.56 Å². The Bertz CT molecular complexity index is 453. The van der Waals surface area contributed by atoms with E-state index in [9.17, 15) is 14.3 Å². The summed E-state index contributed by atoms with van der Waals surface area (Å²) in [7, 11) is 0. The summed E-state index contributed by atoms with van der Waals surface area (Å²) < 4.78 is 12.8. The zero-order chi connectivity index (χ0) is 13.1. The van der Waals surface area contributed by atoms with Crippen LogP contribution in [-0.4, -0.2) is 22.4 Å². The number of rotatable bonds is 3. The highest BCUT2D eigenvalue weighted by molar-refractivity contribution is 9.09. The molecule has 1 aromatic rings. The molecule has 5 heteroatoms. The minimum absolute atomic E-state index is 0.116. The Hall–Kier alpha value is -1.10. The number of hydrogen-bond acceptors (Lipinski definition) is 2.